The Morgan fingerprint density at radius 1 is 1.33 bits per heavy atom. The molecule has 0 aromatic carbocycles. The molecule has 3 fully saturated rings. The fraction of sp³-hybridized carbons (Fsp3) is 1.00. The molecule has 1 saturated carbocycles. The van der Waals surface area contributed by atoms with Crippen molar-refractivity contribution < 1.29 is 14.2 Å². The van der Waals surface area contributed by atoms with E-state index in [9.17, 15) is 0 Å². The molecule has 4 heteroatoms. The highest BCUT2D eigenvalue weighted by atomic mass is 16.6. The van der Waals surface area contributed by atoms with Gasteiger partial charge < -0.3 is 19.5 Å². The van der Waals surface area contributed by atoms with Crippen LogP contribution in [0.5, 0.6) is 0 Å². The SMILES string of the molecule is CC1CNCC(COC2CCOC3(CCC3)C2)O1. The maximum Gasteiger partial charge on any atom is 0.0936 e. The fourth-order valence-electron chi connectivity index (χ4n) is 3.26. The van der Waals surface area contributed by atoms with Crippen LogP contribution in [-0.2, 0) is 14.2 Å². The van der Waals surface area contributed by atoms with Crippen molar-refractivity contribution in [3.8, 4) is 0 Å². The Kier molecular flexibility index (Phi) is 3.89. The summed E-state index contributed by atoms with van der Waals surface area (Å²) < 4.78 is 17.8. The van der Waals surface area contributed by atoms with Crippen LogP contribution in [0.25, 0.3) is 0 Å². The molecule has 4 nitrogen and oxygen atoms in total. The minimum absolute atomic E-state index is 0.182. The van der Waals surface area contributed by atoms with Crippen molar-refractivity contribution in [2.45, 2.75) is 62.9 Å². The van der Waals surface area contributed by atoms with E-state index >= 15 is 0 Å². The second kappa shape index (κ2) is 5.45. The summed E-state index contributed by atoms with van der Waals surface area (Å²) in [6.45, 7) is 5.56. The van der Waals surface area contributed by atoms with Crippen LogP contribution in [0.15, 0.2) is 0 Å². The zero-order valence-corrected chi connectivity index (χ0v) is 11.3. The van der Waals surface area contributed by atoms with Crippen LogP contribution in [0.2, 0.25) is 0 Å². The van der Waals surface area contributed by atoms with Gasteiger partial charge >= 0.3 is 0 Å². The molecule has 1 N–H and O–H groups in total. The van der Waals surface area contributed by atoms with Gasteiger partial charge in [-0.25, -0.2) is 0 Å². The molecule has 18 heavy (non-hydrogen) atoms. The smallest absolute Gasteiger partial charge is 0.0936 e. The first-order chi connectivity index (χ1) is 8.76. The first kappa shape index (κ1) is 12.9. The summed E-state index contributed by atoms with van der Waals surface area (Å²) in [4.78, 5) is 0. The van der Waals surface area contributed by atoms with Gasteiger partial charge in [0.2, 0.25) is 0 Å². The lowest BCUT2D eigenvalue weighted by atomic mass is 9.74. The molecule has 2 saturated heterocycles. The first-order valence-corrected chi connectivity index (χ1v) is 7.37. The molecular formula is C14H25NO3. The van der Waals surface area contributed by atoms with Crippen LogP contribution < -0.4 is 5.32 Å². The van der Waals surface area contributed by atoms with Crippen molar-refractivity contribution in [3.63, 3.8) is 0 Å². The molecule has 1 aliphatic carbocycles. The van der Waals surface area contributed by atoms with Crippen molar-refractivity contribution in [2.24, 2.45) is 0 Å². The number of nitrogens with one attached hydrogen (secondary N) is 1. The third kappa shape index (κ3) is 2.87. The van der Waals surface area contributed by atoms with Gasteiger partial charge in [-0.15, -0.1) is 0 Å². The van der Waals surface area contributed by atoms with Crippen molar-refractivity contribution in [2.75, 3.05) is 26.3 Å². The van der Waals surface area contributed by atoms with E-state index < -0.39 is 0 Å². The Morgan fingerprint density at radius 2 is 2.22 bits per heavy atom. The topological polar surface area (TPSA) is 39.7 Å². The van der Waals surface area contributed by atoms with E-state index in [1.165, 1.54) is 19.3 Å². The van der Waals surface area contributed by atoms with E-state index in [1.807, 2.05) is 0 Å². The molecule has 2 aliphatic heterocycles. The number of hydrogen-bond donors (Lipinski definition) is 1. The summed E-state index contributed by atoms with van der Waals surface area (Å²) >= 11 is 0. The summed E-state index contributed by atoms with van der Waals surface area (Å²) in [5.74, 6) is 0. The third-order valence-electron chi connectivity index (χ3n) is 4.46. The monoisotopic (exact) mass is 255 g/mol. The van der Waals surface area contributed by atoms with Gasteiger partial charge in [0.1, 0.15) is 0 Å². The minimum Gasteiger partial charge on any atom is -0.375 e. The number of rotatable bonds is 3. The van der Waals surface area contributed by atoms with E-state index in [-0.39, 0.29) is 11.7 Å². The van der Waals surface area contributed by atoms with Gasteiger partial charge in [-0.2, -0.15) is 0 Å². The molecule has 1 spiro atoms. The van der Waals surface area contributed by atoms with Crippen LogP contribution in [-0.4, -0.2) is 50.2 Å². The predicted molar refractivity (Wildman–Crippen MR) is 68.7 cm³/mol. The molecule has 0 bridgehead atoms. The Bertz CT molecular complexity index is 280. The van der Waals surface area contributed by atoms with E-state index in [0.29, 0.717) is 12.2 Å². The van der Waals surface area contributed by atoms with Gasteiger partial charge in [-0.05, 0) is 32.6 Å². The quantitative estimate of drug-likeness (QED) is 0.829. The van der Waals surface area contributed by atoms with Gasteiger partial charge in [0.05, 0.1) is 30.5 Å². The largest absolute Gasteiger partial charge is 0.375 e. The average Bonchev–Trinajstić information content (AvgIpc) is 2.35. The van der Waals surface area contributed by atoms with Crippen LogP contribution in [0.3, 0.4) is 0 Å². The highest BCUT2D eigenvalue weighted by Crippen LogP contribution is 2.42. The highest BCUT2D eigenvalue weighted by Gasteiger charge is 2.43. The summed E-state index contributed by atoms with van der Waals surface area (Å²) in [6.07, 6.45) is 6.80. The standard InChI is InChI=1S/C14H25NO3/c1-11-8-15-9-13(18-11)10-16-12-3-6-17-14(7-12)4-2-5-14/h11-13,15H,2-10H2,1H3. The minimum atomic E-state index is 0.182. The Hall–Kier alpha value is -0.160. The van der Waals surface area contributed by atoms with E-state index in [2.05, 4.69) is 12.2 Å². The molecule has 3 rings (SSSR count). The zero-order chi connectivity index (χ0) is 12.4. The number of morpholine rings is 1. The molecule has 0 amide bonds. The van der Waals surface area contributed by atoms with Crippen LogP contribution in [0, 0.1) is 0 Å². The molecule has 3 atom stereocenters. The molecule has 104 valence electrons. The van der Waals surface area contributed by atoms with E-state index in [1.54, 1.807) is 0 Å². The third-order valence-corrected chi connectivity index (χ3v) is 4.46. The lowest BCUT2D eigenvalue weighted by Crippen LogP contribution is -2.49. The summed E-state index contributed by atoms with van der Waals surface area (Å²) in [5.41, 5.74) is 0.182. The van der Waals surface area contributed by atoms with Crippen molar-refractivity contribution >= 4 is 0 Å². The molecular weight excluding hydrogens is 230 g/mol. The molecule has 0 radical (unpaired) electrons. The Morgan fingerprint density at radius 3 is 2.94 bits per heavy atom. The van der Waals surface area contributed by atoms with Crippen molar-refractivity contribution in [3.05, 3.63) is 0 Å². The number of hydrogen-bond acceptors (Lipinski definition) is 4. The normalized spacial score (nSPS) is 39.5. The van der Waals surface area contributed by atoms with Crippen molar-refractivity contribution in [1.29, 1.82) is 0 Å². The predicted octanol–water partition coefficient (Wildman–Crippen LogP) is 1.48. The lowest BCUT2D eigenvalue weighted by Gasteiger charge is -2.47. The molecule has 0 aromatic heterocycles. The second-order valence-electron chi connectivity index (χ2n) is 6.06. The van der Waals surface area contributed by atoms with E-state index in [0.717, 1.165) is 39.1 Å². The molecule has 3 unspecified atom stereocenters. The highest BCUT2D eigenvalue weighted by molar-refractivity contribution is 4.94. The zero-order valence-electron chi connectivity index (χ0n) is 11.3. The van der Waals surface area contributed by atoms with Gasteiger partial charge in [-0.3, -0.25) is 0 Å². The Labute approximate surface area is 109 Å². The lowest BCUT2D eigenvalue weighted by molar-refractivity contribution is -0.178. The summed E-state index contributed by atoms with van der Waals surface area (Å²) in [6, 6.07) is 0. The van der Waals surface area contributed by atoms with Crippen LogP contribution in [0.4, 0.5) is 0 Å². The maximum atomic E-state index is 6.06. The van der Waals surface area contributed by atoms with E-state index in [4.69, 9.17) is 14.2 Å². The number of ether oxygens (including phenoxy) is 3. The second-order valence-corrected chi connectivity index (χ2v) is 6.06. The van der Waals surface area contributed by atoms with Crippen LogP contribution >= 0.6 is 0 Å². The van der Waals surface area contributed by atoms with Crippen molar-refractivity contribution in [1.82, 2.24) is 5.32 Å². The summed E-state index contributed by atoms with van der Waals surface area (Å²) in [7, 11) is 0. The van der Waals surface area contributed by atoms with Gasteiger partial charge in [0.25, 0.3) is 0 Å². The molecule has 0 aromatic rings. The van der Waals surface area contributed by atoms with Crippen LogP contribution in [0.1, 0.15) is 39.0 Å². The molecule has 3 aliphatic rings. The maximum absolute atomic E-state index is 6.06. The Balaban J connectivity index is 1.42. The van der Waals surface area contributed by atoms with Gasteiger partial charge in [0, 0.05) is 26.1 Å². The van der Waals surface area contributed by atoms with Gasteiger partial charge in [0.15, 0.2) is 0 Å². The average molecular weight is 255 g/mol. The molecule has 2 heterocycles. The fourth-order valence-corrected chi connectivity index (χ4v) is 3.26. The van der Waals surface area contributed by atoms with Gasteiger partial charge in [-0.1, -0.05) is 0 Å². The first-order valence-electron chi connectivity index (χ1n) is 7.37. The summed E-state index contributed by atoms with van der Waals surface area (Å²) in [5, 5.41) is 3.38.